The van der Waals surface area contributed by atoms with Gasteiger partial charge in [-0.15, -0.1) is 0 Å². The van der Waals surface area contributed by atoms with Gasteiger partial charge in [0.15, 0.2) is 5.78 Å². The number of rotatable bonds is 0. The highest BCUT2D eigenvalue weighted by Gasteiger charge is 2.21. The number of Topliss-reactive ketones (excluding diaryl/α,β-unsaturated/α-hetero) is 1. The summed E-state index contributed by atoms with van der Waals surface area (Å²) in [6, 6.07) is 15.6. The van der Waals surface area contributed by atoms with Crippen LogP contribution >= 0.6 is 0 Å². The maximum Gasteiger partial charge on any atom is 0.185 e. The van der Waals surface area contributed by atoms with E-state index in [1.54, 1.807) is 0 Å². The molecular formula is C26H28O5. The molecule has 0 saturated heterocycles. The van der Waals surface area contributed by atoms with Crippen molar-refractivity contribution in [3.05, 3.63) is 70.8 Å². The molecule has 5 heteroatoms. The molecule has 2 aromatic rings. The van der Waals surface area contributed by atoms with Gasteiger partial charge in [-0.1, -0.05) is 36.4 Å². The van der Waals surface area contributed by atoms with Gasteiger partial charge < -0.3 is 18.9 Å². The third-order valence-electron chi connectivity index (χ3n) is 5.32. The Morgan fingerprint density at radius 2 is 1.03 bits per heavy atom. The number of hydrogen-bond acceptors (Lipinski definition) is 5. The van der Waals surface area contributed by atoms with Crippen LogP contribution in [0.3, 0.4) is 0 Å². The fraction of sp³-hybridized carbons (Fsp3) is 0.346. The topological polar surface area (TPSA) is 54.0 Å². The number of ketones is 1. The van der Waals surface area contributed by atoms with E-state index in [2.05, 4.69) is 0 Å². The summed E-state index contributed by atoms with van der Waals surface area (Å²) in [6.45, 7) is 2.85. The molecule has 0 N–H and O–H groups in total. The minimum absolute atomic E-state index is 0.0976. The number of hydrogen-bond donors (Lipinski definition) is 0. The Balaban J connectivity index is 1.65. The zero-order chi connectivity index (χ0) is 21.3. The van der Waals surface area contributed by atoms with E-state index in [1.807, 2.05) is 60.7 Å². The molecule has 1 aliphatic carbocycles. The van der Waals surface area contributed by atoms with Gasteiger partial charge in [0.2, 0.25) is 0 Å². The molecule has 1 fully saturated rings. The molecule has 4 rings (SSSR count). The summed E-state index contributed by atoms with van der Waals surface area (Å²) in [5, 5.41) is 0. The zero-order valence-electron chi connectivity index (χ0n) is 17.7. The van der Waals surface area contributed by atoms with E-state index < -0.39 is 0 Å². The van der Waals surface area contributed by atoms with Crippen molar-refractivity contribution in [3.8, 4) is 11.5 Å². The summed E-state index contributed by atoms with van der Waals surface area (Å²) >= 11 is 0. The lowest BCUT2D eigenvalue weighted by atomic mass is 9.86. The standard InChI is InChI=1S/C26H28O5/c27-26-22-8-5-9-23(26)19-21-7-2-4-11-25(21)31-17-15-29-13-12-28-14-16-30-24-10-3-1-6-20(24)18-22/h1-4,6-7,10-11,18-19H,5,8-9,12-17H2/b22-18+,23-19+. The average Bonchev–Trinajstić information content (AvgIpc) is 2.79. The van der Waals surface area contributed by atoms with E-state index in [0.717, 1.165) is 53.0 Å². The van der Waals surface area contributed by atoms with Gasteiger partial charge in [-0.25, -0.2) is 0 Å². The Morgan fingerprint density at radius 1 is 0.581 bits per heavy atom. The lowest BCUT2D eigenvalue weighted by Gasteiger charge is -2.18. The van der Waals surface area contributed by atoms with Gasteiger partial charge >= 0.3 is 0 Å². The van der Waals surface area contributed by atoms with Crippen molar-refractivity contribution in [2.24, 2.45) is 0 Å². The second-order valence-corrected chi connectivity index (χ2v) is 7.52. The highest BCUT2D eigenvalue weighted by atomic mass is 16.6. The second-order valence-electron chi connectivity index (χ2n) is 7.52. The first-order valence-electron chi connectivity index (χ1n) is 10.9. The molecule has 0 unspecified atom stereocenters. The summed E-state index contributed by atoms with van der Waals surface area (Å²) in [6.07, 6.45) is 6.41. The Bertz CT molecular complexity index is 884. The molecule has 1 aliphatic heterocycles. The molecular weight excluding hydrogens is 392 g/mol. The van der Waals surface area contributed by atoms with Crippen LogP contribution in [0.4, 0.5) is 0 Å². The van der Waals surface area contributed by atoms with Crippen molar-refractivity contribution >= 4 is 17.9 Å². The molecule has 0 aromatic heterocycles. The number of fused-ring (bicyclic) bond motifs is 4. The highest BCUT2D eigenvalue weighted by molar-refractivity contribution is 6.14. The van der Waals surface area contributed by atoms with E-state index >= 15 is 0 Å². The van der Waals surface area contributed by atoms with Crippen LogP contribution in [0.5, 0.6) is 11.5 Å². The van der Waals surface area contributed by atoms with Crippen molar-refractivity contribution in [2.75, 3.05) is 39.6 Å². The summed E-state index contributed by atoms with van der Waals surface area (Å²) < 4.78 is 23.0. The van der Waals surface area contributed by atoms with Crippen LogP contribution in [0.2, 0.25) is 0 Å². The smallest absolute Gasteiger partial charge is 0.185 e. The van der Waals surface area contributed by atoms with Gasteiger partial charge in [0.25, 0.3) is 0 Å². The molecule has 1 saturated carbocycles. The lowest BCUT2D eigenvalue weighted by molar-refractivity contribution is -0.112. The van der Waals surface area contributed by atoms with Crippen LogP contribution in [0.1, 0.15) is 30.4 Å². The number of benzene rings is 2. The fourth-order valence-corrected chi connectivity index (χ4v) is 3.76. The molecule has 0 amide bonds. The second kappa shape index (κ2) is 10.9. The Kier molecular flexibility index (Phi) is 7.53. The SMILES string of the molecule is O=C1/C2=C/c3ccccc3OCCOCCOCCOc3ccccc3/C=C/1CCC2. The largest absolute Gasteiger partial charge is 0.491 e. The molecule has 2 aromatic carbocycles. The first-order chi connectivity index (χ1) is 15.3. The van der Waals surface area contributed by atoms with Crippen LogP contribution in [0, 0.1) is 0 Å². The summed E-state index contributed by atoms with van der Waals surface area (Å²) in [7, 11) is 0. The molecule has 162 valence electrons. The van der Waals surface area contributed by atoms with Crippen molar-refractivity contribution in [3.63, 3.8) is 0 Å². The van der Waals surface area contributed by atoms with Gasteiger partial charge in [-0.05, 0) is 43.5 Å². The fourth-order valence-electron chi connectivity index (χ4n) is 3.76. The normalized spacial score (nSPS) is 21.9. The lowest BCUT2D eigenvalue weighted by Crippen LogP contribution is -2.13. The Morgan fingerprint density at radius 3 is 1.55 bits per heavy atom. The molecule has 0 radical (unpaired) electrons. The van der Waals surface area contributed by atoms with Crippen LogP contribution in [0.25, 0.3) is 12.2 Å². The Hall–Kier alpha value is -2.89. The predicted octanol–water partition coefficient (Wildman–Crippen LogP) is 4.71. The third kappa shape index (κ3) is 5.84. The maximum absolute atomic E-state index is 13.2. The van der Waals surface area contributed by atoms with E-state index in [4.69, 9.17) is 18.9 Å². The van der Waals surface area contributed by atoms with Gasteiger partial charge in [0, 0.05) is 22.3 Å². The minimum atomic E-state index is 0.0976. The molecule has 2 bridgehead atoms. The van der Waals surface area contributed by atoms with Gasteiger partial charge in [-0.2, -0.15) is 0 Å². The van der Waals surface area contributed by atoms with Crippen LogP contribution in [0.15, 0.2) is 59.7 Å². The first kappa shape index (κ1) is 21.3. The van der Waals surface area contributed by atoms with Gasteiger partial charge in [0.1, 0.15) is 24.7 Å². The van der Waals surface area contributed by atoms with Crippen molar-refractivity contribution in [2.45, 2.75) is 19.3 Å². The van der Waals surface area contributed by atoms with Crippen LogP contribution in [-0.4, -0.2) is 45.4 Å². The van der Waals surface area contributed by atoms with Crippen LogP contribution < -0.4 is 9.47 Å². The number of para-hydroxylation sites is 2. The quantitative estimate of drug-likeness (QED) is 0.618. The number of allylic oxidation sites excluding steroid dienone is 2. The highest BCUT2D eigenvalue weighted by Crippen LogP contribution is 2.31. The van der Waals surface area contributed by atoms with Gasteiger partial charge in [0.05, 0.1) is 26.4 Å². The van der Waals surface area contributed by atoms with Gasteiger partial charge in [-0.3, -0.25) is 4.79 Å². The average molecular weight is 421 g/mol. The van der Waals surface area contributed by atoms with Crippen molar-refractivity contribution in [1.29, 1.82) is 0 Å². The molecule has 2 aliphatic rings. The zero-order valence-corrected chi connectivity index (χ0v) is 17.7. The van der Waals surface area contributed by atoms with Crippen LogP contribution in [-0.2, 0) is 14.3 Å². The monoisotopic (exact) mass is 420 g/mol. The predicted molar refractivity (Wildman–Crippen MR) is 120 cm³/mol. The summed E-state index contributed by atoms with van der Waals surface area (Å²) in [5.41, 5.74) is 3.46. The summed E-state index contributed by atoms with van der Waals surface area (Å²) in [4.78, 5) is 13.2. The minimum Gasteiger partial charge on any atom is -0.491 e. The number of carbonyl (C=O) groups is 1. The molecule has 5 nitrogen and oxygen atoms in total. The number of ether oxygens (including phenoxy) is 4. The molecule has 0 atom stereocenters. The molecule has 0 spiro atoms. The number of carbonyl (C=O) groups excluding carboxylic acids is 1. The third-order valence-corrected chi connectivity index (χ3v) is 5.32. The van der Waals surface area contributed by atoms with Crippen molar-refractivity contribution in [1.82, 2.24) is 0 Å². The van der Waals surface area contributed by atoms with E-state index in [0.29, 0.717) is 39.6 Å². The Labute approximate surface area is 183 Å². The van der Waals surface area contributed by atoms with E-state index in [9.17, 15) is 4.79 Å². The maximum atomic E-state index is 13.2. The van der Waals surface area contributed by atoms with E-state index in [-0.39, 0.29) is 5.78 Å². The van der Waals surface area contributed by atoms with Crippen molar-refractivity contribution < 1.29 is 23.7 Å². The molecule has 1 heterocycles. The first-order valence-corrected chi connectivity index (χ1v) is 10.9. The molecule has 31 heavy (non-hydrogen) atoms. The van der Waals surface area contributed by atoms with E-state index in [1.165, 1.54) is 0 Å². The summed E-state index contributed by atoms with van der Waals surface area (Å²) in [5.74, 6) is 1.62.